The topological polar surface area (TPSA) is 72.2 Å². The van der Waals surface area contributed by atoms with Crippen LogP contribution in [0.1, 0.15) is 18.4 Å². The minimum atomic E-state index is -4.28. The number of nitrogens with two attached hydrogens (primary N) is 1. The van der Waals surface area contributed by atoms with Gasteiger partial charge in [-0.05, 0) is 40.0 Å². The summed E-state index contributed by atoms with van der Waals surface area (Å²) in [5.74, 6) is 0. The van der Waals surface area contributed by atoms with Gasteiger partial charge in [-0.2, -0.15) is 13.2 Å². The monoisotopic (exact) mass is 374 g/mol. The molecule has 0 amide bonds. The van der Waals surface area contributed by atoms with E-state index < -0.39 is 22.6 Å². The zero-order chi connectivity index (χ0) is 15.4. The maximum atomic E-state index is 11.9. The SMILES string of the molecule is NCc1ccc(S(=O)(=O)NCCCC(F)(F)F)c(Br)c1. The second kappa shape index (κ2) is 6.88. The van der Waals surface area contributed by atoms with Gasteiger partial charge < -0.3 is 5.73 Å². The van der Waals surface area contributed by atoms with Crippen molar-refractivity contribution in [3.8, 4) is 0 Å². The summed E-state index contributed by atoms with van der Waals surface area (Å²) in [6, 6.07) is 4.47. The number of hydrogen-bond donors (Lipinski definition) is 2. The minimum absolute atomic E-state index is 0.0262. The Labute approximate surface area is 123 Å². The van der Waals surface area contributed by atoms with Crippen molar-refractivity contribution in [3.05, 3.63) is 28.2 Å². The molecule has 3 N–H and O–H groups in total. The number of alkyl halides is 3. The molecule has 0 aliphatic rings. The van der Waals surface area contributed by atoms with Crippen LogP contribution in [0, 0.1) is 0 Å². The molecule has 0 bridgehead atoms. The van der Waals surface area contributed by atoms with E-state index in [1.165, 1.54) is 6.07 Å². The first-order valence-corrected chi connectivity index (χ1v) is 7.98. The van der Waals surface area contributed by atoms with Crippen molar-refractivity contribution >= 4 is 26.0 Å². The Hall–Kier alpha value is -0.640. The van der Waals surface area contributed by atoms with E-state index in [-0.39, 0.29) is 24.4 Å². The van der Waals surface area contributed by atoms with Gasteiger partial charge in [-0.1, -0.05) is 6.07 Å². The number of hydrogen-bond acceptors (Lipinski definition) is 3. The maximum absolute atomic E-state index is 11.9. The molecule has 0 aromatic heterocycles. The quantitative estimate of drug-likeness (QED) is 0.751. The van der Waals surface area contributed by atoms with Crippen LogP contribution in [0.3, 0.4) is 0 Å². The highest BCUT2D eigenvalue weighted by atomic mass is 79.9. The highest BCUT2D eigenvalue weighted by Crippen LogP contribution is 2.24. The number of sulfonamides is 1. The summed E-state index contributed by atoms with van der Waals surface area (Å²) in [5, 5.41) is 0. The Kier molecular flexibility index (Phi) is 5.99. The molecule has 0 spiro atoms. The lowest BCUT2D eigenvalue weighted by Crippen LogP contribution is -2.26. The zero-order valence-corrected chi connectivity index (χ0v) is 12.8. The van der Waals surface area contributed by atoms with E-state index in [1.54, 1.807) is 12.1 Å². The first-order valence-electron chi connectivity index (χ1n) is 5.70. The molecule has 1 rings (SSSR count). The van der Waals surface area contributed by atoms with Gasteiger partial charge in [0.25, 0.3) is 0 Å². The first-order chi connectivity index (χ1) is 9.15. The normalized spacial score (nSPS) is 12.7. The summed E-state index contributed by atoms with van der Waals surface area (Å²) in [6.45, 7) is -0.00906. The van der Waals surface area contributed by atoms with Gasteiger partial charge in [0.2, 0.25) is 10.0 Å². The van der Waals surface area contributed by atoms with E-state index in [9.17, 15) is 21.6 Å². The van der Waals surface area contributed by atoms with Gasteiger partial charge in [-0.15, -0.1) is 0 Å². The average molecular weight is 375 g/mol. The van der Waals surface area contributed by atoms with Crippen LogP contribution in [0.15, 0.2) is 27.6 Å². The van der Waals surface area contributed by atoms with Crippen molar-refractivity contribution in [2.24, 2.45) is 5.73 Å². The van der Waals surface area contributed by atoms with Gasteiger partial charge in [0.1, 0.15) is 0 Å². The molecule has 20 heavy (non-hydrogen) atoms. The summed E-state index contributed by atoms with van der Waals surface area (Å²) < 4.78 is 62.2. The lowest BCUT2D eigenvalue weighted by Gasteiger charge is -2.10. The first kappa shape index (κ1) is 17.4. The van der Waals surface area contributed by atoms with E-state index in [2.05, 4.69) is 20.7 Å². The van der Waals surface area contributed by atoms with E-state index in [4.69, 9.17) is 5.73 Å². The van der Waals surface area contributed by atoms with Crippen molar-refractivity contribution in [2.75, 3.05) is 6.54 Å². The molecular formula is C11H14BrF3N2O2S. The Balaban J connectivity index is 2.70. The van der Waals surface area contributed by atoms with Crippen molar-refractivity contribution in [1.82, 2.24) is 4.72 Å². The second-order valence-electron chi connectivity index (χ2n) is 4.09. The third kappa shape index (κ3) is 5.39. The largest absolute Gasteiger partial charge is 0.389 e. The van der Waals surface area contributed by atoms with E-state index in [0.29, 0.717) is 4.47 Å². The number of benzene rings is 1. The predicted molar refractivity (Wildman–Crippen MR) is 72.5 cm³/mol. The van der Waals surface area contributed by atoms with Gasteiger partial charge in [0.05, 0.1) is 4.90 Å². The molecular weight excluding hydrogens is 361 g/mol. The van der Waals surface area contributed by atoms with Gasteiger partial charge in [-0.3, -0.25) is 0 Å². The number of halogens is 4. The fraction of sp³-hybridized carbons (Fsp3) is 0.455. The molecule has 114 valence electrons. The fourth-order valence-electron chi connectivity index (χ4n) is 1.46. The standard InChI is InChI=1S/C11H14BrF3N2O2S/c12-9-6-8(7-16)2-3-10(9)20(18,19)17-5-1-4-11(13,14)15/h2-3,6,17H,1,4-5,7,16H2. The van der Waals surface area contributed by atoms with Crippen LogP contribution < -0.4 is 10.5 Å². The lowest BCUT2D eigenvalue weighted by atomic mass is 10.2. The Bertz CT molecular complexity index is 561. The molecule has 4 nitrogen and oxygen atoms in total. The summed E-state index contributed by atoms with van der Waals surface area (Å²) in [4.78, 5) is -0.0262. The molecule has 0 heterocycles. The molecule has 0 saturated heterocycles. The molecule has 0 saturated carbocycles. The molecule has 0 atom stereocenters. The maximum Gasteiger partial charge on any atom is 0.389 e. The molecule has 9 heteroatoms. The summed E-state index contributed by atoms with van der Waals surface area (Å²) in [7, 11) is -3.84. The zero-order valence-electron chi connectivity index (χ0n) is 10.4. The smallest absolute Gasteiger partial charge is 0.326 e. The third-order valence-corrected chi connectivity index (χ3v) is 4.89. The van der Waals surface area contributed by atoms with Gasteiger partial charge in [0.15, 0.2) is 0 Å². The number of rotatable bonds is 6. The summed E-state index contributed by atoms with van der Waals surface area (Å²) >= 11 is 3.11. The Morgan fingerprint density at radius 2 is 1.95 bits per heavy atom. The van der Waals surface area contributed by atoms with Crippen LogP contribution in [-0.4, -0.2) is 21.1 Å². The molecule has 0 unspecified atom stereocenters. The van der Waals surface area contributed by atoms with Crippen molar-refractivity contribution in [1.29, 1.82) is 0 Å². The predicted octanol–water partition coefficient (Wildman–Crippen LogP) is 2.53. The average Bonchev–Trinajstić information content (AvgIpc) is 2.33. The van der Waals surface area contributed by atoms with Crippen LogP contribution in [0.2, 0.25) is 0 Å². The summed E-state index contributed by atoms with van der Waals surface area (Å²) in [5.41, 5.74) is 6.17. The van der Waals surface area contributed by atoms with Crippen molar-refractivity contribution in [2.45, 2.75) is 30.5 Å². The molecule has 1 aromatic rings. The third-order valence-electron chi connectivity index (χ3n) is 2.45. The van der Waals surface area contributed by atoms with Crippen LogP contribution in [0.4, 0.5) is 13.2 Å². The van der Waals surface area contributed by atoms with Gasteiger partial charge in [0, 0.05) is 24.0 Å². The van der Waals surface area contributed by atoms with Crippen LogP contribution in [0.5, 0.6) is 0 Å². The van der Waals surface area contributed by atoms with Crippen LogP contribution in [0.25, 0.3) is 0 Å². The highest BCUT2D eigenvalue weighted by molar-refractivity contribution is 9.10. The molecule has 0 aliphatic carbocycles. The van der Waals surface area contributed by atoms with Crippen LogP contribution >= 0.6 is 15.9 Å². The minimum Gasteiger partial charge on any atom is -0.326 e. The molecule has 1 aromatic carbocycles. The highest BCUT2D eigenvalue weighted by Gasteiger charge is 2.26. The van der Waals surface area contributed by atoms with E-state index in [0.717, 1.165) is 5.56 Å². The van der Waals surface area contributed by atoms with Gasteiger partial charge >= 0.3 is 6.18 Å². The van der Waals surface area contributed by atoms with E-state index >= 15 is 0 Å². The van der Waals surface area contributed by atoms with Crippen molar-refractivity contribution < 1.29 is 21.6 Å². The van der Waals surface area contributed by atoms with Crippen molar-refractivity contribution in [3.63, 3.8) is 0 Å². The Morgan fingerprint density at radius 3 is 2.45 bits per heavy atom. The Morgan fingerprint density at radius 1 is 1.30 bits per heavy atom. The van der Waals surface area contributed by atoms with Crippen LogP contribution in [-0.2, 0) is 16.6 Å². The van der Waals surface area contributed by atoms with Gasteiger partial charge in [-0.25, -0.2) is 13.1 Å². The van der Waals surface area contributed by atoms with E-state index in [1.807, 2.05) is 0 Å². The lowest BCUT2D eigenvalue weighted by molar-refractivity contribution is -0.135. The fourth-order valence-corrected chi connectivity index (χ4v) is 3.66. The number of nitrogens with one attached hydrogen (secondary N) is 1. The second-order valence-corrected chi connectivity index (χ2v) is 6.68. The molecule has 0 aliphatic heterocycles. The molecule has 0 fully saturated rings. The molecule has 0 radical (unpaired) electrons. The summed E-state index contributed by atoms with van der Waals surface area (Å²) in [6.07, 6.45) is -5.61.